The van der Waals surface area contributed by atoms with E-state index in [1.807, 2.05) is 0 Å². The summed E-state index contributed by atoms with van der Waals surface area (Å²) < 4.78 is 50.0. The molecule has 1 heterocycles. The largest absolute Gasteiger partial charge is 0.401 e. The Balaban J connectivity index is 0.00000312. The van der Waals surface area contributed by atoms with Gasteiger partial charge in [0.2, 0.25) is 0 Å². The number of hydrogen-bond donors (Lipinski definition) is 2. The van der Waals surface area contributed by atoms with Crippen molar-refractivity contribution in [3.05, 3.63) is 35.6 Å². The predicted molar refractivity (Wildman–Crippen MR) is 101 cm³/mol. The molecular weight excluding hydrogens is 451 g/mol. The number of guanidine groups is 1. The van der Waals surface area contributed by atoms with Crippen molar-refractivity contribution in [1.82, 2.24) is 15.5 Å². The zero-order valence-corrected chi connectivity index (χ0v) is 16.3. The maximum atomic E-state index is 12.8. The van der Waals surface area contributed by atoms with Gasteiger partial charge in [-0.2, -0.15) is 13.2 Å². The van der Waals surface area contributed by atoms with Crippen molar-refractivity contribution in [3.63, 3.8) is 0 Å². The number of halogens is 5. The lowest BCUT2D eigenvalue weighted by molar-refractivity contribution is -0.143. The van der Waals surface area contributed by atoms with Gasteiger partial charge in [0.1, 0.15) is 5.82 Å². The van der Waals surface area contributed by atoms with E-state index in [1.54, 1.807) is 19.2 Å². The van der Waals surface area contributed by atoms with Gasteiger partial charge in [-0.1, -0.05) is 12.1 Å². The number of aliphatic imine (C=N–C) groups is 1. The highest BCUT2D eigenvalue weighted by Gasteiger charge is 2.34. The van der Waals surface area contributed by atoms with Crippen molar-refractivity contribution in [2.75, 3.05) is 33.2 Å². The first-order valence-corrected chi connectivity index (χ1v) is 7.86. The summed E-state index contributed by atoms with van der Waals surface area (Å²) in [5.74, 6) is 0.296. The molecule has 0 aliphatic carbocycles. The second-order valence-corrected chi connectivity index (χ2v) is 5.86. The van der Waals surface area contributed by atoms with Crippen molar-refractivity contribution in [2.45, 2.75) is 25.1 Å². The predicted octanol–water partition coefficient (Wildman–Crippen LogP) is 2.79. The van der Waals surface area contributed by atoms with Crippen LogP contribution in [0.5, 0.6) is 0 Å². The summed E-state index contributed by atoms with van der Waals surface area (Å²) in [4.78, 5) is 5.48. The minimum atomic E-state index is -4.16. The van der Waals surface area contributed by atoms with Crippen LogP contribution in [0.4, 0.5) is 17.6 Å². The average molecular weight is 474 g/mol. The Morgan fingerprint density at radius 3 is 2.56 bits per heavy atom. The summed E-state index contributed by atoms with van der Waals surface area (Å²) in [5, 5.41) is 6.27. The molecule has 0 amide bonds. The van der Waals surface area contributed by atoms with Crippen molar-refractivity contribution < 1.29 is 17.6 Å². The van der Waals surface area contributed by atoms with Crippen LogP contribution < -0.4 is 10.6 Å². The summed E-state index contributed by atoms with van der Waals surface area (Å²) in [6.45, 7) is 0.494. The number of likely N-dealkylation sites (tertiary alicyclic amines) is 1. The molecule has 0 spiro atoms. The molecule has 0 saturated carbocycles. The maximum absolute atomic E-state index is 12.8. The first-order chi connectivity index (χ1) is 11.4. The molecule has 0 radical (unpaired) electrons. The van der Waals surface area contributed by atoms with Crippen LogP contribution in [0.1, 0.15) is 12.0 Å². The molecule has 1 aliphatic rings. The van der Waals surface area contributed by atoms with Crippen LogP contribution >= 0.6 is 24.0 Å². The zero-order chi connectivity index (χ0) is 17.6. The Morgan fingerprint density at radius 1 is 1.28 bits per heavy atom. The number of hydrogen-bond acceptors (Lipinski definition) is 2. The first-order valence-electron chi connectivity index (χ1n) is 7.86. The summed E-state index contributed by atoms with van der Waals surface area (Å²) in [7, 11) is 1.62. The highest BCUT2D eigenvalue weighted by Crippen LogP contribution is 2.19. The van der Waals surface area contributed by atoms with E-state index < -0.39 is 12.7 Å². The fraction of sp³-hybridized carbons (Fsp3) is 0.562. The number of nitrogens with one attached hydrogen (secondary N) is 2. The van der Waals surface area contributed by atoms with E-state index in [2.05, 4.69) is 15.6 Å². The number of benzene rings is 1. The summed E-state index contributed by atoms with van der Waals surface area (Å²) in [5.41, 5.74) is 0.997. The molecule has 142 valence electrons. The van der Waals surface area contributed by atoms with E-state index in [4.69, 9.17) is 0 Å². The van der Waals surface area contributed by atoms with E-state index in [0.717, 1.165) is 5.56 Å². The van der Waals surface area contributed by atoms with Crippen LogP contribution in [0.2, 0.25) is 0 Å². The molecule has 0 bridgehead atoms. The van der Waals surface area contributed by atoms with Crippen LogP contribution in [-0.2, 0) is 6.42 Å². The van der Waals surface area contributed by atoms with Gasteiger partial charge in [0.25, 0.3) is 0 Å². The van der Waals surface area contributed by atoms with Crippen LogP contribution in [0.3, 0.4) is 0 Å². The highest BCUT2D eigenvalue weighted by molar-refractivity contribution is 14.0. The molecule has 1 aromatic carbocycles. The van der Waals surface area contributed by atoms with Gasteiger partial charge in [0.15, 0.2) is 5.96 Å². The van der Waals surface area contributed by atoms with Crippen molar-refractivity contribution >= 4 is 29.9 Å². The molecule has 0 aromatic heterocycles. The number of rotatable bonds is 5. The highest BCUT2D eigenvalue weighted by atomic mass is 127. The molecule has 1 aromatic rings. The summed E-state index contributed by atoms with van der Waals surface area (Å²) in [6.07, 6.45) is -2.81. The third kappa shape index (κ3) is 8.21. The van der Waals surface area contributed by atoms with Crippen molar-refractivity contribution in [1.29, 1.82) is 0 Å². The SMILES string of the molecule is CN=C(NCCc1ccc(F)cc1)NC1CCN(CC(F)(F)F)C1.I. The minimum absolute atomic E-state index is 0. The second-order valence-electron chi connectivity index (χ2n) is 5.86. The smallest absolute Gasteiger partial charge is 0.356 e. The Hall–Kier alpha value is -1.10. The monoisotopic (exact) mass is 474 g/mol. The van der Waals surface area contributed by atoms with E-state index in [0.29, 0.717) is 38.4 Å². The fourth-order valence-corrected chi connectivity index (χ4v) is 2.71. The summed E-state index contributed by atoms with van der Waals surface area (Å²) in [6, 6.07) is 6.22. The lowest BCUT2D eigenvalue weighted by atomic mass is 10.1. The Bertz CT molecular complexity index is 548. The van der Waals surface area contributed by atoms with Crippen molar-refractivity contribution in [2.24, 2.45) is 4.99 Å². The Kier molecular flexibility index (Phi) is 8.91. The van der Waals surface area contributed by atoms with Gasteiger partial charge >= 0.3 is 6.18 Å². The minimum Gasteiger partial charge on any atom is -0.356 e. The Morgan fingerprint density at radius 2 is 1.96 bits per heavy atom. The topological polar surface area (TPSA) is 39.7 Å². The molecule has 2 rings (SSSR count). The average Bonchev–Trinajstić information content (AvgIpc) is 2.93. The molecule has 1 unspecified atom stereocenters. The lowest BCUT2D eigenvalue weighted by Crippen LogP contribution is -2.45. The quantitative estimate of drug-likeness (QED) is 0.299. The number of alkyl halides is 3. The fourth-order valence-electron chi connectivity index (χ4n) is 2.71. The normalized spacial score (nSPS) is 18.8. The molecule has 25 heavy (non-hydrogen) atoms. The van der Waals surface area contributed by atoms with Gasteiger partial charge in [0.05, 0.1) is 6.54 Å². The molecule has 1 atom stereocenters. The third-order valence-electron chi connectivity index (χ3n) is 3.86. The molecule has 4 nitrogen and oxygen atoms in total. The number of nitrogens with zero attached hydrogens (tertiary/aromatic N) is 2. The van der Waals surface area contributed by atoms with Gasteiger partial charge in [-0.05, 0) is 30.5 Å². The van der Waals surface area contributed by atoms with Crippen LogP contribution in [0, 0.1) is 5.82 Å². The van der Waals surface area contributed by atoms with Gasteiger partial charge in [-0.25, -0.2) is 4.39 Å². The van der Waals surface area contributed by atoms with E-state index in [9.17, 15) is 17.6 Å². The van der Waals surface area contributed by atoms with E-state index in [-0.39, 0.29) is 35.8 Å². The molecule has 2 N–H and O–H groups in total. The first kappa shape index (κ1) is 21.9. The van der Waals surface area contributed by atoms with Crippen LogP contribution in [0.15, 0.2) is 29.3 Å². The standard InChI is InChI=1S/C16H22F4N4.HI/c1-21-15(22-8-6-12-2-4-13(17)5-3-12)23-14-7-9-24(10-14)11-16(18,19)20;/h2-5,14H,6-11H2,1H3,(H2,21,22,23);1H. The second kappa shape index (κ2) is 10.1. The Labute approximate surface area is 162 Å². The lowest BCUT2D eigenvalue weighted by Gasteiger charge is -2.19. The molecule has 1 saturated heterocycles. The maximum Gasteiger partial charge on any atom is 0.401 e. The zero-order valence-electron chi connectivity index (χ0n) is 13.9. The molecule has 1 aliphatic heterocycles. The van der Waals surface area contributed by atoms with Gasteiger partial charge in [-0.3, -0.25) is 9.89 Å². The van der Waals surface area contributed by atoms with Crippen LogP contribution in [0.25, 0.3) is 0 Å². The molecule has 9 heteroatoms. The van der Waals surface area contributed by atoms with Gasteiger partial charge < -0.3 is 10.6 Å². The third-order valence-corrected chi connectivity index (χ3v) is 3.86. The summed E-state index contributed by atoms with van der Waals surface area (Å²) >= 11 is 0. The molecular formula is C16H23F4IN4. The van der Waals surface area contributed by atoms with Gasteiger partial charge in [0, 0.05) is 32.7 Å². The van der Waals surface area contributed by atoms with E-state index >= 15 is 0 Å². The van der Waals surface area contributed by atoms with Gasteiger partial charge in [-0.15, -0.1) is 24.0 Å². The van der Waals surface area contributed by atoms with E-state index in [1.165, 1.54) is 17.0 Å². The van der Waals surface area contributed by atoms with Crippen molar-refractivity contribution in [3.8, 4) is 0 Å². The molecule has 1 fully saturated rings. The van der Waals surface area contributed by atoms with Crippen LogP contribution in [-0.4, -0.2) is 56.3 Å².